The predicted octanol–water partition coefficient (Wildman–Crippen LogP) is 29.2. The first-order valence-electron chi connectivity index (χ1n) is 41.4. The Bertz CT molecular complexity index is 6190. The van der Waals surface area contributed by atoms with Crippen molar-refractivity contribution >= 4 is 55.7 Å². The molecule has 0 radical (unpaired) electrons. The number of nitrogens with zero attached hydrogens (tertiary/aromatic N) is 8. The van der Waals surface area contributed by atoms with Crippen molar-refractivity contribution in [2.75, 3.05) is 9.80 Å². The van der Waals surface area contributed by atoms with Crippen molar-refractivity contribution in [1.29, 1.82) is 0 Å². The fraction of sp³-hybridized carbons (Fsp3) is 0.191. The molecular formula is C110H105IrN8. The van der Waals surface area contributed by atoms with Crippen LogP contribution >= 0.6 is 0 Å². The van der Waals surface area contributed by atoms with E-state index < -0.39 is 0 Å². The Hall–Kier alpha value is -12.5. The Morgan fingerprint density at radius 1 is 0.311 bits per heavy atom. The normalized spacial score (nSPS) is 11.7. The molecule has 3 aromatic heterocycles. The van der Waals surface area contributed by atoms with Gasteiger partial charge in [0.05, 0.1) is 28.8 Å². The van der Waals surface area contributed by atoms with E-state index in [-0.39, 0.29) is 20.1 Å². The van der Waals surface area contributed by atoms with E-state index in [1.807, 2.05) is 67.4 Å². The van der Waals surface area contributed by atoms with Crippen LogP contribution in [0.4, 0.5) is 34.1 Å². The second kappa shape index (κ2) is 36.1. The predicted molar refractivity (Wildman–Crippen MR) is 497 cm³/mol. The number of imidazole rings is 3. The average molecular weight is 1730 g/mol. The van der Waals surface area contributed by atoms with E-state index in [2.05, 4.69) is 394 Å². The maximum Gasteiger partial charge on any atom is 3.00 e. The molecule has 0 saturated heterocycles. The van der Waals surface area contributed by atoms with Crippen LogP contribution in [0.1, 0.15) is 133 Å². The van der Waals surface area contributed by atoms with Crippen LogP contribution in [0.3, 0.4) is 0 Å². The van der Waals surface area contributed by atoms with E-state index in [9.17, 15) is 0 Å². The zero-order valence-corrected chi connectivity index (χ0v) is 74.1. The van der Waals surface area contributed by atoms with Gasteiger partial charge in [0.1, 0.15) is 0 Å². The summed E-state index contributed by atoms with van der Waals surface area (Å²) in [5.74, 6) is 3.56. The summed E-state index contributed by atoms with van der Waals surface area (Å²) in [6.07, 6.45) is 13.9. The number of hydrogen-bond acceptors (Lipinski definition) is 5. The van der Waals surface area contributed by atoms with Gasteiger partial charge < -0.3 is 23.5 Å². The molecule has 0 fully saturated rings. The molecule has 119 heavy (non-hydrogen) atoms. The van der Waals surface area contributed by atoms with Crippen molar-refractivity contribution in [1.82, 2.24) is 28.7 Å². The third-order valence-corrected chi connectivity index (χ3v) is 25.4. The minimum Gasteiger partial charge on any atom is -0.340 e. The minimum atomic E-state index is 0. The Morgan fingerprint density at radius 2 is 0.630 bits per heavy atom. The fourth-order valence-corrected chi connectivity index (χ4v) is 17.4. The van der Waals surface area contributed by atoms with Gasteiger partial charge in [0.2, 0.25) is 0 Å². The molecule has 3 heterocycles. The number of anilines is 6. The van der Waals surface area contributed by atoms with Crippen molar-refractivity contribution in [3.63, 3.8) is 0 Å². The standard InChI is InChI=1S/C70H63N4.2C20H21N2.Ir/c1-8-53(55-28-30-60(31-29-55)70-71-44-45-72(70)69-51(6)49(4)48(3)50(5)52(69)7)46-47(2)54-32-38-62(39-33-54)74(68-27-17-21-59-19-13-15-25-66(59)68)64-42-36-57(37-43-64)56-34-40-63(41-35-56)73(61-22-10-9-11-23-61)67-26-16-20-58-18-12-14-24-65(58)67;2*1-13-14(2)16(4)19(17(5)15(13)3)22-12-11-21-20(22)18-9-7-6-8-10-18;/h9-30,32-45,47,53H,8,46H2,1-7H3;2*6-9,11-12H,1-5H3;/q3*-1;+3. The molecule has 0 amide bonds. The van der Waals surface area contributed by atoms with Crippen molar-refractivity contribution < 1.29 is 20.1 Å². The number of fused-ring (bicyclic) bond motifs is 2. The fourth-order valence-electron chi connectivity index (χ4n) is 17.4. The largest absolute Gasteiger partial charge is 3.00 e. The van der Waals surface area contributed by atoms with Gasteiger partial charge in [-0.1, -0.05) is 154 Å². The minimum absolute atomic E-state index is 0. The zero-order chi connectivity index (χ0) is 82.6. The van der Waals surface area contributed by atoms with E-state index in [1.54, 1.807) is 0 Å². The molecule has 9 heteroatoms. The maximum absolute atomic E-state index is 4.86. The van der Waals surface area contributed by atoms with E-state index in [4.69, 9.17) is 4.98 Å². The molecule has 17 rings (SSSR count). The summed E-state index contributed by atoms with van der Waals surface area (Å²) in [5.41, 5.74) is 38.6. The molecule has 2 atom stereocenters. The summed E-state index contributed by atoms with van der Waals surface area (Å²) in [7, 11) is 0. The summed E-state index contributed by atoms with van der Waals surface area (Å²) in [6.45, 7) is 37.8. The Labute approximate surface area is 718 Å². The van der Waals surface area contributed by atoms with Crippen molar-refractivity contribution in [3.8, 4) is 62.4 Å². The molecular weight excluding hydrogens is 1630 g/mol. The van der Waals surface area contributed by atoms with Crippen LogP contribution in [0.15, 0.2) is 292 Å². The number of rotatable bonds is 18. The van der Waals surface area contributed by atoms with Gasteiger partial charge in [-0.15, -0.1) is 107 Å². The molecule has 0 saturated carbocycles. The van der Waals surface area contributed by atoms with Crippen LogP contribution in [-0.4, -0.2) is 28.7 Å². The molecule has 0 spiro atoms. The molecule has 0 aliphatic carbocycles. The van der Waals surface area contributed by atoms with Gasteiger partial charge in [-0.3, -0.25) is 15.0 Å². The van der Waals surface area contributed by atoms with Crippen molar-refractivity contribution in [2.45, 2.75) is 142 Å². The summed E-state index contributed by atoms with van der Waals surface area (Å²) in [6, 6.07) is 101. The molecule has 17 aromatic rings. The van der Waals surface area contributed by atoms with Gasteiger partial charge in [0.15, 0.2) is 0 Å². The Morgan fingerprint density at radius 3 is 0.983 bits per heavy atom. The first-order valence-corrected chi connectivity index (χ1v) is 41.4. The third-order valence-electron chi connectivity index (χ3n) is 25.4. The number of hydrogen-bond donors (Lipinski definition) is 0. The SMILES string of the molecule is CCC(CC(C)c1ccc(N(c2ccc(-c3ccc(N(c4ccccc4)c4cccc5ccccc45)cc3)cc2)c2cccc3ccccc23)cc1)c1c[c-]c(-c2nccn2-c2c(C)c(C)c(C)c(C)c2C)cc1.Cc1c(C)c(C)c(-n2ccnc2-c2[c-]cccc2)c(C)c1C.Cc1c(C)c(C)c(-n2ccnc2-c2[c-]cccc2)c(C)c1C.[Ir+3]. The molecule has 0 aliphatic heterocycles. The molecule has 8 nitrogen and oxygen atoms in total. The maximum atomic E-state index is 4.86. The van der Waals surface area contributed by atoms with Crippen LogP contribution in [0.5, 0.6) is 0 Å². The van der Waals surface area contributed by atoms with E-state index in [0.717, 1.165) is 81.1 Å². The van der Waals surface area contributed by atoms with Crippen molar-refractivity contribution in [2.24, 2.45) is 0 Å². The van der Waals surface area contributed by atoms with Crippen LogP contribution in [-0.2, 0) is 20.1 Å². The average Bonchev–Trinajstić information content (AvgIpc) is 1.77. The Balaban J connectivity index is 0.000000208. The van der Waals surface area contributed by atoms with Gasteiger partial charge in [-0.2, -0.15) is 0 Å². The van der Waals surface area contributed by atoms with E-state index in [0.29, 0.717) is 11.8 Å². The molecule has 14 aromatic carbocycles. The smallest absolute Gasteiger partial charge is 0.340 e. The molecule has 0 aliphatic rings. The summed E-state index contributed by atoms with van der Waals surface area (Å²) < 4.78 is 6.63. The molecule has 594 valence electrons. The monoisotopic (exact) mass is 1730 g/mol. The van der Waals surface area contributed by atoms with Gasteiger partial charge in [-0.05, 0) is 288 Å². The second-order valence-electron chi connectivity index (χ2n) is 31.8. The molecule has 0 N–H and O–H groups in total. The van der Waals surface area contributed by atoms with E-state index >= 15 is 0 Å². The topological polar surface area (TPSA) is 59.9 Å². The molecule has 0 bridgehead atoms. The first kappa shape index (κ1) is 83.0. The zero-order valence-electron chi connectivity index (χ0n) is 71.7. The third kappa shape index (κ3) is 16.5. The van der Waals surface area contributed by atoms with Crippen molar-refractivity contribution in [3.05, 3.63) is 405 Å². The second-order valence-corrected chi connectivity index (χ2v) is 31.8. The number of para-hydroxylation sites is 1. The quantitative estimate of drug-likeness (QED) is 0.0801. The summed E-state index contributed by atoms with van der Waals surface area (Å²) in [4.78, 5) is 18.7. The van der Waals surface area contributed by atoms with Crippen LogP contribution in [0.2, 0.25) is 0 Å². The summed E-state index contributed by atoms with van der Waals surface area (Å²) >= 11 is 0. The first-order chi connectivity index (χ1) is 57.2. The number of benzene rings is 14. The summed E-state index contributed by atoms with van der Waals surface area (Å²) in [5, 5.41) is 4.87. The van der Waals surface area contributed by atoms with Crippen LogP contribution < -0.4 is 9.80 Å². The van der Waals surface area contributed by atoms with Gasteiger partial charge in [0, 0.05) is 87.8 Å². The van der Waals surface area contributed by atoms with Gasteiger partial charge in [-0.25, -0.2) is 0 Å². The van der Waals surface area contributed by atoms with Crippen LogP contribution in [0.25, 0.3) is 83.9 Å². The van der Waals surface area contributed by atoms with Gasteiger partial charge >= 0.3 is 20.1 Å². The van der Waals surface area contributed by atoms with Crippen LogP contribution in [0, 0.1) is 122 Å². The van der Waals surface area contributed by atoms with E-state index in [1.165, 1.54) is 144 Å². The number of aromatic nitrogens is 6. The Kier molecular flexibility index (Phi) is 25.2. The molecule has 2 unspecified atom stereocenters. The van der Waals surface area contributed by atoms with Gasteiger partial charge in [0.25, 0.3) is 0 Å².